The molecule has 0 bridgehead atoms. The summed E-state index contributed by atoms with van der Waals surface area (Å²) in [5.74, 6) is 1.05. The molecule has 78 valence electrons. The number of hydrogen-bond donors (Lipinski definition) is 0. The third-order valence-electron chi connectivity index (χ3n) is 2.52. The standard InChI is InChI=1S/C11H10ClNO2/c12-9-1-2-10-8(6-13-7-14)3-4-15-11(10)5-9/h1-2,5,8H,3-4,6H2. The summed E-state index contributed by atoms with van der Waals surface area (Å²) < 4.78 is 5.49. The highest BCUT2D eigenvalue weighted by Crippen LogP contribution is 2.35. The minimum absolute atomic E-state index is 0.243. The topological polar surface area (TPSA) is 38.7 Å². The Morgan fingerprint density at radius 1 is 1.60 bits per heavy atom. The minimum atomic E-state index is 0.243. The van der Waals surface area contributed by atoms with E-state index in [1.54, 1.807) is 12.1 Å². The molecule has 0 fully saturated rings. The molecule has 0 saturated heterocycles. The third kappa shape index (κ3) is 2.20. The van der Waals surface area contributed by atoms with Crippen LogP contribution in [0.4, 0.5) is 0 Å². The molecule has 3 nitrogen and oxygen atoms in total. The summed E-state index contributed by atoms with van der Waals surface area (Å²) in [6.07, 6.45) is 2.44. The van der Waals surface area contributed by atoms with Crippen molar-refractivity contribution in [1.29, 1.82) is 0 Å². The van der Waals surface area contributed by atoms with Gasteiger partial charge in [-0.2, -0.15) is 0 Å². The Morgan fingerprint density at radius 2 is 2.47 bits per heavy atom. The first-order valence-electron chi connectivity index (χ1n) is 4.77. The molecule has 1 aromatic carbocycles. The molecule has 1 aromatic rings. The second kappa shape index (κ2) is 4.47. The predicted octanol–water partition coefficient (Wildman–Crippen LogP) is 2.54. The molecule has 1 aliphatic rings. The average Bonchev–Trinajstić information content (AvgIpc) is 2.25. The number of aliphatic imine (C=N–C) groups is 1. The van der Waals surface area contributed by atoms with Crippen LogP contribution in [0.5, 0.6) is 5.75 Å². The normalized spacial score (nSPS) is 18.6. The van der Waals surface area contributed by atoms with Crippen molar-refractivity contribution in [3.05, 3.63) is 28.8 Å². The summed E-state index contributed by atoms with van der Waals surface area (Å²) in [7, 11) is 0. The first-order chi connectivity index (χ1) is 7.31. The van der Waals surface area contributed by atoms with Gasteiger partial charge in [-0.1, -0.05) is 17.7 Å². The molecule has 4 heteroatoms. The van der Waals surface area contributed by atoms with Gasteiger partial charge in [-0.15, -0.1) is 0 Å². The van der Waals surface area contributed by atoms with Crippen molar-refractivity contribution >= 4 is 17.7 Å². The fourth-order valence-corrected chi connectivity index (χ4v) is 1.94. The average molecular weight is 224 g/mol. The summed E-state index contributed by atoms with van der Waals surface area (Å²) >= 11 is 5.86. The fourth-order valence-electron chi connectivity index (χ4n) is 1.77. The summed E-state index contributed by atoms with van der Waals surface area (Å²) in [5, 5.41) is 0.660. The van der Waals surface area contributed by atoms with Gasteiger partial charge in [0, 0.05) is 10.9 Å². The van der Waals surface area contributed by atoms with Crippen LogP contribution in [-0.4, -0.2) is 19.2 Å². The number of benzene rings is 1. The summed E-state index contributed by atoms with van der Waals surface area (Å²) in [5.41, 5.74) is 1.07. The third-order valence-corrected chi connectivity index (χ3v) is 2.75. The van der Waals surface area contributed by atoms with Crippen LogP contribution in [0.1, 0.15) is 17.9 Å². The van der Waals surface area contributed by atoms with E-state index in [2.05, 4.69) is 4.99 Å². The number of carbonyl (C=O) groups excluding carboxylic acids is 1. The van der Waals surface area contributed by atoms with Crippen LogP contribution in [0.15, 0.2) is 23.2 Å². The molecule has 0 aromatic heterocycles. The number of ether oxygens (including phenoxy) is 1. The van der Waals surface area contributed by atoms with E-state index in [0.717, 1.165) is 17.7 Å². The summed E-state index contributed by atoms with van der Waals surface area (Å²) in [6, 6.07) is 5.56. The Hall–Kier alpha value is -1.31. The quantitative estimate of drug-likeness (QED) is 0.571. The van der Waals surface area contributed by atoms with Gasteiger partial charge in [-0.3, -0.25) is 0 Å². The molecule has 15 heavy (non-hydrogen) atoms. The minimum Gasteiger partial charge on any atom is -0.493 e. The van der Waals surface area contributed by atoms with Gasteiger partial charge in [0.25, 0.3) is 0 Å². The molecular formula is C11H10ClNO2. The lowest BCUT2D eigenvalue weighted by Crippen LogP contribution is -2.16. The van der Waals surface area contributed by atoms with Crippen molar-refractivity contribution in [3.8, 4) is 5.75 Å². The Balaban J connectivity index is 2.29. The van der Waals surface area contributed by atoms with E-state index < -0.39 is 0 Å². The van der Waals surface area contributed by atoms with Crippen molar-refractivity contribution in [2.75, 3.05) is 13.2 Å². The Labute approximate surface area is 92.7 Å². The number of fused-ring (bicyclic) bond motifs is 1. The van der Waals surface area contributed by atoms with Gasteiger partial charge in [0.1, 0.15) is 5.75 Å². The van der Waals surface area contributed by atoms with Crippen LogP contribution in [0.3, 0.4) is 0 Å². The lowest BCUT2D eigenvalue weighted by Gasteiger charge is -2.24. The van der Waals surface area contributed by atoms with E-state index in [1.165, 1.54) is 0 Å². The predicted molar refractivity (Wildman–Crippen MR) is 57.3 cm³/mol. The van der Waals surface area contributed by atoms with Gasteiger partial charge in [0.05, 0.1) is 13.2 Å². The molecule has 0 saturated carbocycles. The lowest BCUT2D eigenvalue weighted by molar-refractivity contribution is 0.269. The van der Waals surface area contributed by atoms with E-state index in [1.807, 2.05) is 12.1 Å². The smallest absolute Gasteiger partial charge is 0.234 e. The summed E-state index contributed by atoms with van der Waals surface area (Å²) in [6.45, 7) is 1.12. The number of rotatable bonds is 2. The molecule has 1 atom stereocenters. The van der Waals surface area contributed by atoms with Crippen LogP contribution in [0.2, 0.25) is 5.02 Å². The molecule has 0 aliphatic carbocycles. The second-order valence-electron chi connectivity index (χ2n) is 3.45. The maximum atomic E-state index is 10.1. The van der Waals surface area contributed by atoms with Gasteiger partial charge in [0.2, 0.25) is 6.08 Å². The zero-order valence-electron chi connectivity index (χ0n) is 8.07. The molecule has 0 spiro atoms. The van der Waals surface area contributed by atoms with Gasteiger partial charge in [-0.05, 0) is 24.1 Å². The number of hydrogen-bond acceptors (Lipinski definition) is 3. The molecule has 2 rings (SSSR count). The highest BCUT2D eigenvalue weighted by molar-refractivity contribution is 6.30. The Morgan fingerprint density at radius 3 is 3.27 bits per heavy atom. The van der Waals surface area contributed by atoms with Crippen LogP contribution < -0.4 is 4.74 Å². The van der Waals surface area contributed by atoms with Gasteiger partial charge in [0.15, 0.2) is 0 Å². The molecular weight excluding hydrogens is 214 g/mol. The van der Waals surface area contributed by atoms with Gasteiger partial charge >= 0.3 is 0 Å². The zero-order valence-corrected chi connectivity index (χ0v) is 8.83. The van der Waals surface area contributed by atoms with Crippen LogP contribution in [0, 0.1) is 0 Å². The molecule has 0 radical (unpaired) electrons. The molecule has 0 N–H and O–H groups in total. The van der Waals surface area contributed by atoms with E-state index in [-0.39, 0.29) is 5.92 Å². The molecule has 1 aliphatic heterocycles. The van der Waals surface area contributed by atoms with E-state index in [9.17, 15) is 4.79 Å². The van der Waals surface area contributed by atoms with Crippen molar-refractivity contribution in [2.45, 2.75) is 12.3 Å². The maximum Gasteiger partial charge on any atom is 0.234 e. The van der Waals surface area contributed by atoms with E-state index >= 15 is 0 Å². The second-order valence-corrected chi connectivity index (χ2v) is 3.88. The fraction of sp³-hybridized carbons (Fsp3) is 0.364. The maximum absolute atomic E-state index is 10.1. The first-order valence-corrected chi connectivity index (χ1v) is 5.15. The highest BCUT2D eigenvalue weighted by atomic mass is 35.5. The first kappa shape index (κ1) is 10.2. The molecule has 1 heterocycles. The van der Waals surface area contributed by atoms with Crippen LogP contribution in [0.25, 0.3) is 0 Å². The number of halogens is 1. The van der Waals surface area contributed by atoms with Crippen molar-refractivity contribution in [1.82, 2.24) is 0 Å². The molecule has 1 unspecified atom stereocenters. The Kier molecular flexibility index (Phi) is 3.05. The highest BCUT2D eigenvalue weighted by Gasteiger charge is 2.21. The van der Waals surface area contributed by atoms with Gasteiger partial charge < -0.3 is 4.74 Å². The van der Waals surface area contributed by atoms with Gasteiger partial charge in [-0.25, -0.2) is 9.79 Å². The van der Waals surface area contributed by atoms with Crippen LogP contribution >= 0.6 is 11.6 Å². The van der Waals surface area contributed by atoms with E-state index in [4.69, 9.17) is 16.3 Å². The largest absolute Gasteiger partial charge is 0.493 e. The number of isocyanates is 1. The molecule has 0 amide bonds. The summed E-state index contributed by atoms with van der Waals surface area (Å²) in [4.78, 5) is 13.7. The Bertz CT molecular complexity index is 413. The van der Waals surface area contributed by atoms with Crippen molar-refractivity contribution < 1.29 is 9.53 Å². The zero-order chi connectivity index (χ0) is 10.7. The SMILES string of the molecule is O=C=NCC1CCOc2cc(Cl)ccc21. The van der Waals surface area contributed by atoms with E-state index in [0.29, 0.717) is 18.2 Å². The van der Waals surface area contributed by atoms with Crippen molar-refractivity contribution in [2.24, 2.45) is 4.99 Å². The number of nitrogens with zero attached hydrogens (tertiary/aromatic N) is 1. The van der Waals surface area contributed by atoms with Crippen LogP contribution in [-0.2, 0) is 4.79 Å². The van der Waals surface area contributed by atoms with Crippen molar-refractivity contribution in [3.63, 3.8) is 0 Å². The monoisotopic (exact) mass is 223 g/mol. The lowest BCUT2D eigenvalue weighted by atomic mass is 9.93.